The Labute approximate surface area is 105 Å². The van der Waals surface area contributed by atoms with E-state index in [0.29, 0.717) is 15.7 Å². The van der Waals surface area contributed by atoms with E-state index in [-0.39, 0.29) is 5.97 Å². The molecule has 0 aliphatic rings. The van der Waals surface area contributed by atoms with E-state index in [1.54, 1.807) is 32.0 Å². The molecule has 0 amide bonds. The van der Waals surface area contributed by atoms with Crippen LogP contribution < -0.4 is 5.32 Å². The number of hydrogen-bond acceptors (Lipinski definition) is 3. The van der Waals surface area contributed by atoms with Crippen molar-refractivity contribution < 1.29 is 9.53 Å². The summed E-state index contributed by atoms with van der Waals surface area (Å²) < 4.78 is 4.68. The molecule has 16 heavy (non-hydrogen) atoms. The van der Waals surface area contributed by atoms with Crippen LogP contribution in [0.15, 0.2) is 18.2 Å². The van der Waals surface area contributed by atoms with Crippen LogP contribution in [0.1, 0.15) is 13.8 Å². The number of hydrogen-bond donors (Lipinski definition) is 1. The van der Waals surface area contributed by atoms with Gasteiger partial charge in [0.2, 0.25) is 0 Å². The highest BCUT2D eigenvalue weighted by molar-refractivity contribution is 6.36. The molecule has 0 saturated heterocycles. The highest BCUT2D eigenvalue weighted by atomic mass is 35.5. The first kappa shape index (κ1) is 13.1. The van der Waals surface area contributed by atoms with Crippen LogP contribution >= 0.6 is 23.2 Å². The van der Waals surface area contributed by atoms with Gasteiger partial charge in [-0.15, -0.1) is 0 Å². The van der Waals surface area contributed by atoms with E-state index < -0.39 is 5.54 Å². The summed E-state index contributed by atoms with van der Waals surface area (Å²) in [6.07, 6.45) is 0. The van der Waals surface area contributed by atoms with Gasteiger partial charge < -0.3 is 10.1 Å². The standard InChI is InChI=1S/C11H13Cl2NO2/c1-11(2,10(15)16-3)14-9-5-4-7(12)6-8(9)13/h4-6,14H,1-3H3. The molecule has 1 rings (SSSR count). The minimum atomic E-state index is -0.841. The summed E-state index contributed by atoms with van der Waals surface area (Å²) in [6.45, 7) is 3.42. The smallest absolute Gasteiger partial charge is 0.330 e. The molecule has 5 heteroatoms. The molecule has 88 valence electrons. The lowest BCUT2D eigenvalue weighted by molar-refractivity contribution is -0.144. The van der Waals surface area contributed by atoms with E-state index >= 15 is 0 Å². The van der Waals surface area contributed by atoms with Gasteiger partial charge in [-0.2, -0.15) is 0 Å². The monoisotopic (exact) mass is 261 g/mol. The first-order chi connectivity index (χ1) is 7.36. The zero-order chi connectivity index (χ0) is 12.3. The van der Waals surface area contributed by atoms with Crippen molar-refractivity contribution in [3.8, 4) is 0 Å². The van der Waals surface area contributed by atoms with Crippen LogP contribution in [0.3, 0.4) is 0 Å². The van der Waals surface area contributed by atoms with Crippen LogP contribution in [0.2, 0.25) is 10.0 Å². The fraction of sp³-hybridized carbons (Fsp3) is 0.364. The number of ether oxygens (including phenoxy) is 1. The first-order valence-electron chi connectivity index (χ1n) is 4.68. The van der Waals surface area contributed by atoms with Crippen LogP contribution in [0.4, 0.5) is 5.69 Å². The summed E-state index contributed by atoms with van der Waals surface area (Å²) in [4.78, 5) is 11.5. The number of carbonyl (C=O) groups excluding carboxylic acids is 1. The molecule has 1 N–H and O–H groups in total. The van der Waals surface area contributed by atoms with E-state index in [1.165, 1.54) is 7.11 Å². The van der Waals surface area contributed by atoms with Crippen molar-refractivity contribution in [3.05, 3.63) is 28.2 Å². The highest BCUT2D eigenvalue weighted by Gasteiger charge is 2.28. The minimum Gasteiger partial charge on any atom is -0.467 e. The summed E-state index contributed by atoms with van der Waals surface area (Å²) >= 11 is 11.8. The maximum atomic E-state index is 11.5. The van der Waals surface area contributed by atoms with Gasteiger partial charge in [0.15, 0.2) is 0 Å². The summed E-state index contributed by atoms with van der Waals surface area (Å²) in [6, 6.07) is 5.03. The Kier molecular flexibility index (Phi) is 4.05. The lowest BCUT2D eigenvalue weighted by Gasteiger charge is -2.25. The van der Waals surface area contributed by atoms with Gasteiger partial charge in [0.1, 0.15) is 5.54 Å². The summed E-state index contributed by atoms with van der Waals surface area (Å²) in [5, 5.41) is 4.01. The summed E-state index contributed by atoms with van der Waals surface area (Å²) in [5.74, 6) is -0.362. The molecular formula is C11H13Cl2NO2. The van der Waals surface area contributed by atoms with Crippen molar-refractivity contribution in [2.24, 2.45) is 0 Å². The van der Waals surface area contributed by atoms with Gasteiger partial charge in [-0.1, -0.05) is 23.2 Å². The molecule has 0 bridgehead atoms. The molecule has 0 aromatic heterocycles. The van der Waals surface area contributed by atoms with Gasteiger partial charge in [0, 0.05) is 5.02 Å². The third-order valence-electron chi connectivity index (χ3n) is 2.07. The Hall–Kier alpha value is -0.930. The van der Waals surface area contributed by atoms with E-state index in [2.05, 4.69) is 10.1 Å². The number of methoxy groups -OCH3 is 1. The topological polar surface area (TPSA) is 38.3 Å². The average molecular weight is 262 g/mol. The molecule has 0 atom stereocenters. The Balaban J connectivity index is 2.92. The number of benzene rings is 1. The van der Waals surface area contributed by atoms with E-state index in [0.717, 1.165) is 0 Å². The third kappa shape index (κ3) is 3.03. The van der Waals surface area contributed by atoms with Gasteiger partial charge in [0.05, 0.1) is 17.8 Å². The molecular weight excluding hydrogens is 249 g/mol. The molecule has 0 spiro atoms. The summed E-state index contributed by atoms with van der Waals surface area (Å²) in [5.41, 5.74) is -0.201. The Morgan fingerprint density at radius 3 is 2.50 bits per heavy atom. The first-order valence-corrected chi connectivity index (χ1v) is 5.44. The Bertz CT molecular complexity index is 405. The molecule has 0 unspecified atom stereocenters. The SMILES string of the molecule is COC(=O)C(C)(C)Nc1ccc(Cl)cc1Cl. The lowest BCUT2D eigenvalue weighted by Crippen LogP contribution is -2.41. The van der Waals surface area contributed by atoms with E-state index in [4.69, 9.17) is 23.2 Å². The zero-order valence-corrected chi connectivity index (χ0v) is 10.8. The van der Waals surface area contributed by atoms with Crippen LogP contribution in [0.5, 0.6) is 0 Å². The van der Waals surface area contributed by atoms with Crippen LogP contribution in [0.25, 0.3) is 0 Å². The van der Waals surface area contributed by atoms with Crippen LogP contribution in [-0.2, 0) is 9.53 Å². The van der Waals surface area contributed by atoms with E-state index in [9.17, 15) is 4.79 Å². The van der Waals surface area contributed by atoms with Crippen molar-refractivity contribution in [2.45, 2.75) is 19.4 Å². The van der Waals surface area contributed by atoms with Gasteiger partial charge in [0.25, 0.3) is 0 Å². The van der Waals surface area contributed by atoms with Crippen molar-refractivity contribution >= 4 is 34.9 Å². The second-order valence-electron chi connectivity index (χ2n) is 3.87. The molecule has 0 aliphatic heterocycles. The van der Waals surface area contributed by atoms with Gasteiger partial charge in [-0.05, 0) is 32.0 Å². The molecule has 0 heterocycles. The fourth-order valence-electron chi connectivity index (χ4n) is 1.23. The number of esters is 1. The second-order valence-corrected chi connectivity index (χ2v) is 4.71. The second kappa shape index (κ2) is 4.93. The highest BCUT2D eigenvalue weighted by Crippen LogP contribution is 2.28. The maximum absolute atomic E-state index is 11.5. The van der Waals surface area contributed by atoms with Crippen molar-refractivity contribution in [2.75, 3.05) is 12.4 Å². The molecule has 1 aromatic carbocycles. The van der Waals surface area contributed by atoms with E-state index in [1.807, 2.05) is 0 Å². The van der Waals surface area contributed by atoms with Crippen LogP contribution in [0, 0.1) is 0 Å². The molecule has 0 saturated carbocycles. The molecule has 0 aliphatic carbocycles. The normalized spacial score (nSPS) is 11.1. The largest absolute Gasteiger partial charge is 0.467 e. The predicted molar refractivity (Wildman–Crippen MR) is 66.2 cm³/mol. The summed E-state index contributed by atoms with van der Waals surface area (Å²) in [7, 11) is 1.34. The number of carbonyl (C=O) groups is 1. The average Bonchev–Trinajstić information content (AvgIpc) is 2.21. The predicted octanol–water partition coefficient (Wildman–Crippen LogP) is 3.36. The quantitative estimate of drug-likeness (QED) is 0.849. The third-order valence-corrected chi connectivity index (χ3v) is 2.62. The number of nitrogens with one attached hydrogen (secondary N) is 1. The maximum Gasteiger partial charge on any atom is 0.330 e. The van der Waals surface area contributed by atoms with Gasteiger partial charge in [-0.25, -0.2) is 4.79 Å². The van der Waals surface area contributed by atoms with Crippen molar-refractivity contribution in [1.29, 1.82) is 0 Å². The Morgan fingerprint density at radius 1 is 1.38 bits per heavy atom. The minimum absolute atomic E-state index is 0.362. The lowest BCUT2D eigenvalue weighted by atomic mass is 10.1. The molecule has 0 fully saturated rings. The molecule has 1 aromatic rings. The Morgan fingerprint density at radius 2 is 2.00 bits per heavy atom. The van der Waals surface area contributed by atoms with Gasteiger partial charge >= 0.3 is 5.97 Å². The number of halogens is 2. The van der Waals surface area contributed by atoms with Crippen LogP contribution in [-0.4, -0.2) is 18.6 Å². The zero-order valence-electron chi connectivity index (χ0n) is 9.30. The fourth-order valence-corrected chi connectivity index (χ4v) is 1.69. The number of anilines is 1. The molecule has 0 radical (unpaired) electrons. The van der Waals surface area contributed by atoms with Gasteiger partial charge in [-0.3, -0.25) is 0 Å². The number of rotatable bonds is 3. The molecule has 3 nitrogen and oxygen atoms in total. The van der Waals surface area contributed by atoms with Crippen molar-refractivity contribution in [1.82, 2.24) is 0 Å². The van der Waals surface area contributed by atoms with Crippen molar-refractivity contribution in [3.63, 3.8) is 0 Å².